The molecule has 2 aromatic carbocycles. The first kappa shape index (κ1) is 20.2. The molecule has 0 atom stereocenters. The van der Waals surface area contributed by atoms with Crippen molar-refractivity contribution < 1.29 is 29.0 Å². The monoisotopic (exact) mass is 395 g/mol. The quantitative estimate of drug-likeness (QED) is 0.363. The standard InChI is InChI=1S/C15H14N3O8P/c19-15(16-6-7-27(24,25)26)11-3-1-2-10(8-11)13-5-4-12(17(20)21)9-14(13)18(22)23/h1-5,8-9H,6-7H2,(H,16,19)(H2,24,25,26). The molecule has 142 valence electrons. The zero-order valence-corrected chi connectivity index (χ0v) is 14.5. The number of nitro benzene ring substituents is 2. The molecule has 0 radical (unpaired) electrons. The fourth-order valence-corrected chi connectivity index (χ4v) is 2.68. The van der Waals surface area contributed by atoms with E-state index >= 15 is 0 Å². The molecule has 0 aromatic heterocycles. The lowest BCUT2D eigenvalue weighted by Gasteiger charge is -2.08. The summed E-state index contributed by atoms with van der Waals surface area (Å²) in [6.45, 7) is -0.245. The van der Waals surface area contributed by atoms with Gasteiger partial charge >= 0.3 is 7.60 Å². The maximum Gasteiger partial charge on any atom is 0.327 e. The van der Waals surface area contributed by atoms with Crippen LogP contribution in [0.25, 0.3) is 11.1 Å². The van der Waals surface area contributed by atoms with Gasteiger partial charge in [0.05, 0.1) is 27.6 Å². The van der Waals surface area contributed by atoms with Gasteiger partial charge in [-0.1, -0.05) is 12.1 Å². The van der Waals surface area contributed by atoms with E-state index in [0.29, 0.717) is 5.56 Å². The molecule has 11 nitrogen and oxygen atoms in total. The predicted molar refractivity (Wildman–Crippen MR) is 94.4 cm³/mol. The summed E-state index contributed by atoms with van der Waals surface area (Å²) in [5, 5.41) is 24.4. The molecule has 0 saturated carbocycles. The average Bonchev–Trinajstić information content (AvgIpc) is 2.60. The van der Waals surface area contributed by atoms with E-state index in [9.17, 15) is 29.6 Å². The summed E-state index contributed by atoms with van der Waals surface area (Å²) in [6, 6.07) is 8.92. The topological polar surface area (TPSA) is 173 Å². The predicted octanol–water partition coefficient (Wildman–Crippen LogP) is 2.08. The lowest BCUT2D eigenvalue weighted by Crippen LogP contribution is -2.26. The Morgan fingerprint density at radius 3 is 2.37 bits per heavy atom. The number of carbonyl (C=O) groups is 1. The lowest BCUT2D eigenvalue weighted by atomic mass is 10.0. The Bertz CT molecular complexity index is 956. The van der Waals surface area contributed by atoms with Crippen molar-refractivity contribution in [1.82, 2.24) is 5.32 Å². The van der Waals surface area contributed by atoms with Crippen LogP contribution in [0.2, 0.25) is 0 Å². The van der Waals surface area contributed by atoms with Gasteiger partial charge in [0.25, 0.3) is 17.3 Å². The maximum absolute atomic E-state index is 12.1. The van der Waals surface area contributed by atoms with Gasteiger partial charge in [-0.25, -0.2) is 0 Å². The minimum Gasteiger partial charge on any atom is -0.351 e. The van der Waals surface area contributed by atoms with Gasteiger partial charge in [0.1, 0.15) is 0 Å². The summed E-state index contributed by atoms with van der Waals surface area (Å²) in [5.74, 6) is -0.616. The largest absolute Gasteiger partial charge is 0.351 e. The molecule has 12 heteroatoms. The third kappa shape index (κ3) is 5.42. The van der Waals surface area contributed by atoms with Gasteiger partial charge in [-0.3, -0.25) is 29.6 Å². The van der Waals surface area contributed by atoms with E-state index in [2.05, 4.69) is 5.32 Å². The van der Waals surface area contributed by atoms with E-state index in [0.717, 1.165) is 12.1 Å². The first-order chi connectivity index (χ1) is 12.6. The zero-order valence-electron chi connectivity index (χ0n) is 13.6. The van der Waals surface area contributed by atoms with Crippen LogP contribution >= 0.6 is 7.60 Å². The molecule has 0 spiro atoms. The van der Waals surface area contributed by atoms with Crippen LogP contribution in [0.3, 0.4) is 0 Å². The van der Waals surface area contributed by atoms with Crippen LogP contribution in [0.5, 0.6) is 0 Å². The Kier molecular flexibility index (Phi) is 6.01. The molecule has 0 aliphatic heterocycles. The molecule has 0 fully saturated rings. The zero-order chi connectivity index (χ0) is 20.2. The fourth-order valence-electron chi connectivity index (χ4n) is 2.27. The average molecular weight is 395 g/mol. The Morgan fingerprint density at radius 2 is 1.78 bits per heavy atom. The van der Waals surface area contributed by atoms with Crippen molar-refractivity contribution in [3.05, 3.63) is 68.3 Å². The number of benzene rings is 2. The Morgan fingerprint density at radius 1 is 1.07 bits per heavy atom. The van der Waals surface area contributed by atoms with E-state index in [4.69, 9.17) is 9.79 Å². The summed E-state index contributed by atoms with van der Waals surface area (Å²) in [6.07, 6.45) is -0.522. The molecule has 3 N–H and O–H groups in total. The van der Waals surface area contributed by atoms with Gasteiger partial charge in [0.15, 0.2) is 0 Å². The van der Waals surface area contributed by atoms with Crippen LogP contribution in [0.1, 0.15) is 10.4 Å². The number of nitrogens with one attached hydrogen (secondary N) is 1. The van der Waals surface area contributed by atoms with Gasteiger partial charge < -0.3 is 15.1 Å². The molecule has 2 aromatic rings. The fraction of sp³-hybridized carbons (Fsp3) is 0.133. The summed E-state index contributed by atoms with van der Waals surface area (Å²) in [4.78, 5) is 50.2. The summed E-state index contributed by atoms with van der Waals surface area (Å²) >= 11 is 0. The number of nitrogens with zero attached hydrogens (tertiary/aromatic N) is 2. The molecule has 0 heterocycles. The van der Waals surface area contributed by atoms with E-state index in [1.807, 2.05) is 0 Å². The van der Waals surface area contributed by atoms with Crippen LogP contribution in [0, 0.1) is 20.2 Å². The van der Waals surface area contributed by atoms with Crippen LogP contribution < -0.4 is 5.32 Å². The van der Waals surface area contributed by atoms with Crippen molar-refractivity contribution in [2.45, 2.75) is 0 Å². The van der Waals surface area contributed by atoms with E-state index < -0.39 is 40.9 Å². The van der Waals surface area contributed by atoms with Crippen LogP contribution in [-0.2, 0) is 4.57 Å². The van der Waals surface area contributed by atoms with Crippen LogP contribution in [0.4, 0.5) is 11.4 Å². The van der Waals surface area contributed by atoms with Gasteiger partial charge in [0, 0.05) is 18.2 Å². The number of carbonyl (C=O) groups excluding carboxylic acids is 1. The highest BCUT2D eigenvalue weighted by molar-refractivity contribution is 7.51. The second-order valence-corrected chi connectivity index (χ2v) is 7.22. The highest BCUT2D eigenvalue weighted by atomic mass is 31.2. The third-order valence-electron chi connectivity index (χ3n) is 3.51. The molecular formula is C15H14N3O8P. The summed E-state index contributed by atoms with van der Waals surface area (Å²) in [5.41, 5.74) is -0.416. The maximum atomic E-state index is 12.1. The minimum absolute atomic E-state index is 0.0930. The molecule has 1 amide bonds. The van der Waals surface area contributed by atoms with Gasteiger partial charge in [-0.05, 0) is 23.8 Å². The number of rotatable bonds is 7. The molecule has 0 aliphatic rings. The summed E-state index contributed by atoms with van der Waals surface area (Å²) in [7, 11) is -4.25. The van der Waals surface area contributed by atoms with Crippen molar-refractivity contribution in [1.29, 1.82) is 0 Å². The van der Waals surface area contributed by atoms with E-state index in [1.165, 1.54) is 30.3 Å². The molecule has 2 rings (SSSR count). The second kappa shape index (κ2) is 8.04. The summed E-state index contributed by atoms with van der Waals surface area (Å²) < 4.78 is 10.8. The number of non-ortho nitro benzene ring substituents is 1. The third-order valence-corrected chi connectivity index (χ3v) is 4.32. The SMILES string of the molecule is O=C(NCCP(=O)(O)O)c1cccc(-c2ccc([N+](=O)[O-])cc2[N+](=O)[O-])c1. The van der Waals surface area contributed by atoms with E-state index in [-0.39, 0.29) is 17.7 Å². The first-order valence-electron chi connectivity index (χ1n) is 7.44. The molecule has 0 aliphatic carbocycles. The van der Waals surface area contributed by atoms with Crippen molar-refractivity contribution in [3.8, 4) is 11.1 Å². The number of nitro groups is 2. The van der Waals surface area contributed by atoms with Crippen molar-refractivity contribution >= 4 is 24.9 Å². The molecule has 0 unspecified atom stereocenters. The van der Waals surface area contributed by atoms with Crippen LogP contribution in [-0.4, -0.2) is 38.2 Å². The second-order valence-electron chi connectivity index (χ2n) is 5.44. The Hall–Kier alpha value is -3.14. The first-order valence-corrected chi connectivity index (χ1v) is 9.24. The smallest absolute Gasteiger partial charge is 0.327 e. The highest BCUT2D eigenvalue weighted by Crippen LogP contribution is 2.34. The van der Waals surface area contributed by atoms with Crippen molar-refractivity contribution in [2.24, 2.45) is 0 Å². The molecule has 27 heavy (non-hydrogen) atoms. The molecular weight excluding hydrogens is 381 g/mol. The number of hydrogen-bond donors (Lipinski definition) is 3. The Labute approximate surface area is 152 Å². The highest BCUT2D eigenvalue weighted by Gasteiger charge is 2.21. The van der Waals surface area contributed by atoms with Crippen molar-refractivity contribution in [2.75, 3.05) is 12.7 Å². The minimum atomic E-state index is -4.25. The van der Waals surface area contributed by atoms with Gasteiger partial charge in [-0.2, -0.15) is 0 Å². The number of hydrogen-bond acceptors (Lipinski definition) is 6. The van der Waals surface area contributed by atoms with E-state index in [1.54, 1.807) is 0 Å². The van der Waals surface area contributed by atoms with Crippen LogP contribution in [0.15, 0.2) is 42.5 Å². The molecule has 0 saturated heterocycles. The molecule has 0 bridgehead atoms. The van der Waals surface area contributed by atoms with Gasteiger partial charge in [-0.15, -0.1) is 0 Å². The van der Waals surface area contributed by atoms with Crippen molar-refractivity contribution in [3.63, 3.8) is 0 Å². The Balaban J connectivity index is 2.32. The lowest BCUT2D eigenvalue weighted by molar-refractivity contribution is -0.393. The number of amides is 1. The van der Waals surface area contributed by atoms with Gasteiger partial charge in [0.2, 0.25) is 0 Å². The normalized spacial score (nSPS) is 11.0.